The van der Waals surface area contributed by atoms with Gasteiger partial charge >= 0.3 is 0 Å². The molecule has 9 heteroatoms. The average Bonchev–Trinajstić information content (AvgIpc) is 3.29. The zero-order chi connectivity index (χ0) is 29.5. The van der Waals surface area contributed by atoms with Crippen LogP contribution in [0.2, 0.25) is 0 Å². The van der Waals surface area contributed by atoms with Gasteiger partial charge in [-0.2, -0.15) is 0 Å². The third kappa shape index (κ3) is 5.76. The third-order valence-electron chi connectivity index (χ3n) is 8.66. The zero-order valence-corrected chi connectivity index (χ0v) is 24.0. The summed E-state index contributed by atoms with van der Waals surface area (Å²) in [4.78, 5) is 40.9. The lowest BCUT2D eigenvalue weighted by molar-refractivity contribution is -0.136. The van der Waals surface area contributed by atoms with Crippen molar-refractivity contribution in [2.45, 2.75) is 70.1 Å². The predicted octanol–water partition coefficient (Wildman–Crippen LogP) is 4.23. The number of carbonyl (C=O) groups excluding carboxylic acids is 3. The van der Waals surface area contributed by atoms with Crippen LogP contribution in [0.25, 0.3) is 0 Å². The number of benzene rings is 2. The van der Waals surface area contributed by atoms with Crippen molar-refractivity contribution in [3.63, 3.8) is 0 Å². The van der Waals surface area contributed by atoms with Crippen LogP contribution in [0.3, 0.4) is 0 Å². The van der Waals surface area contributed by atoms with Crippen LogP contribution in [0.1, 0.15) is 60.2 Å². The van der Waals surface area contributed by atoms with Crippen molar-refractivity contribution in [3.8, 4) is 5.75 Å². The Bertz CT molecular complexity index is 1470. The van der Waals surface area contributed by atoms with E-state index in [1.165, 1.54) is 10.5 Å². The number of nitrogens with one attached hydrogen (secondary N) is 1. The minimum absolute atomic E-state index is 0.217. The third-order valence-corrected chi connectivity index (χ3v) is 8.66. The van der Waals surface area contributed by atoms with Gasteiger partial charge in [-0.25, -0.2) is 4.39 Å². The Kier molecular flexibility index (Phi) is 7.49. The lowest BCUT2D eigenvalue weighted by atomic mass is 9.86. The van der Waals surface area contributed by atoms with E-state index in [2.05, 4.69) is 29.3 Å². The highest BCUT2D eigenvalue weighted by molar-refractivity contribution is 6.05. The Labute approximate surface area is 245 Å². The summed E-state index contributed by atoms with van der Waals surface area (Å²) >= 11 is 0. The lowest BCUT2D eigenvalue weighted by Crippen LogP contribution is -2.52. The Balaban J connectivity index is 1.06. The van der Waals surface area contributed by atoms with E-state index < -0.39 is 23.2 Å². The van der Waals surface area contributed by atoms with Crippen molar-refractivity contribution in [3.05, 3.63) is 88.5 Å². The molecule has 1 N–H and O–H groups in total. The van der Waals surface area contributed by atoms with Gasteiger partial charge in [-0.15, -0.1) is 0 Å². The number of nitrogens with zero attached hydrogens (tertiary/aromatic N) is 2. The number of morpholine rings is 1. The van der Waals surface area contributed by atoms with Gasteiger partial charge in [0, 0.05) is 43.6 Å². The SMILES string of the molecule is CC1(F)C=CC(C2(C)CN(Cc3ccc(COc4cccc5c4CN(C4CCC(=O)NC4=O)C5=O)cc3)CCO2)=CC1. The summed E-state index contributed by atoms with van der Waals surface area (Å²) < 4.78 is 26.6. The molecule has 1 aliphatic carbocycles. The number of carbonyl (C=O) groups is 3. The lowest BCUT2D eigenvalue weighted by Gasteiger charge is -2.42. The van der Waals surface area contributed by atoms with Crippen LogP contribution in [0, 0.1) is 0 Å². The van der Waals surface area contributed by atoms with Gasteiger partial charge in [0.25, 0.3) is 5.91 Å². The molecule has 0 bridgehead atoms. The van der Waals surface area contributed by atoms with E-state index in [4.69, 9.17) is 9.47 Å². The number of hydrogen-bond acceptors (Lipinski definition) is 6. The van der Waals surface area contributed by atoms with Crippen molar-refractivity contribution >= 4 is 17.7 Å². The molecule has 2 aromatic rings. The van der Waals surface area contributed by atoms with E-state index in [0.29, 0.717) is 37.4 Å². The smallest absolute Gasteiger partial charge is 0.255 e. The van der Waals surface area contributed by atoms with Crippen molar-refractivity contribution < 1.29 is 28.2 Å². The predicted molar refractivity (Wildman–Crippen MR) is 154 cm³/mol. The van der Waals surface area contributed by atoms with Crippen LogP contribution in [-0.2, 0) is 34.0 Å². The molecule has 8 nitrogen and oxygen atoms in total. The number of rotatable bonds is 7. The highest BCUT2D eigenvalue weighted by atomic mass is 19.1. The van der Waals surface area contributed by atoms with Gasteiger partial charge in [0.2, 0.25) is 11.8 Å². The maximum absolute atomic E-state index is 14.2. The van der Waals surface area contributed by atoms with E-state index in [1.807, 2.05) is 30.4 Å². The quantitative estimate of drug-likeness (QED) is 0.499. The summed E-state index contributed by atoms with van der Waals surface area (Å²) in [5.74, 6) is -0.332. The summed E-state index contributed by atoms with van der Waals surface area (Å²) in [6.45, 7) is 7.23. The van der Waals surface area contributed by atoms with Crippen molar-refractivity contribution in [1.82, 2.24) is 15.1 Å². The van der Waals surface area contributed by atoms with Gasteiger partial charge in [-0.05, 0) is 55.2 Å². The normalized spacial score (nSPS) is 28.0. The van der Waals surface area contributed by atoms with Gasteiger partial charge in [0.05, 0.1) is 13.2 Å². The van der Waals surface area contributed by atoms with Crippen LogP contribution >= 0.6 is 0 Å². The number of amides is 3. The topological polar surface area (TPSA) is 88.2 Å². The first-order chi connectivity index (χ1) is 20.1. The molecule has 0 spiro atoms. The van der Waals surface area contributed by atoms with Crippen molar-refractivity contribution in [2.75, 3.05) is 19.7 Å². The molecule has 3 amide bonds. The Morgan fingerprint density at radius 1 is 1.10 bits per heavy atom. The summed E-state index contributed by atoms with van der Waals surface area (Å²) in [5, 5.41) is 2.34. The molecular formula is C33H36FN3O5. The van der Waals surface area contributed by atoms with Gasteiger partial charge in [-0.3, -0.25) is 24.6 Å². The summed E-state index contributed by atoms with van der Waals surface area (Å²) in [6.07, 6.45) is 6.36. The van der Waals surface area contributed by atoms with Gasteiger partial charge in [-0.1, -0.05) is 42.5 Å². The van der Waals surface area contributed by atoms with Crippen LogP contribution in [0.15, 0.2) is 66.3 Å². The number of allylic oxidation sites excluding steroid dienone is 2. The molecule has 42 heavy (non-hydrogen) atoms. The minimum Gasteiger partial charge on any atom is -0.489 e. The first-order valence-corrected chi connectivity index (χ1v) is 14.5. The second-order valence-corrected chi connectivity index (χ2v) is 12.1. The number of imide groups is 1. The molecular weight excluding hydrogens is 537 g/mol. The number of hydrogen-bond donors (Lipinski definition) is 1. The van der Waals surface area contributed by atoms with Crippen molar-refractivity contribution in [2.24, 2.45) is 0 Å². The fraction of sp³-hybridized carbons (Fsp3) is 0.424. The summed E-state index contributed by atoms with van der Waals surface area (Å²) in [5.41, 5.74) is 2.74. The molecule has 2 aromatic carbocycles. The first-order valence-electron chi connectivity index (χ1n) is 14.5. The highest BCUT2D eigenvalue weighted by Crippen LogP contribution is 2.35. The van der Waals surface area contributed by atoms with Crippen LogP contribution in [0.4, 0.5) is 4.39 Å². The maximum Gasteiger partial charge on any atom is 0.255 e. The number of piperidine rings is 1. The molecule has 3 atom stereocenters. The standard InChI is InChI=1S/C33H36FN3O5/c1-32(34)14-12-24(13-15-32)33(2)21-36(16-17-42-33)18-22-6-8-23(9-7-22)20-41-28-5-3-4-25-26(28)19-37(31(25)40)27-10-11-29(38)35-30(27)39/h3-9,12-14,27H,10-11,15-21H2,1-2H3,(H,35,38,39). The second-order valence-electron chi connectivity index (χ2n) is 12.1. The van der Waals surface area contributed by atoms with Crippen LogP contribution in [-0.4, -0.2) is 64.5 Å². The van der Waals surface area contributed by atoms with E-state index in [-0.39, 0.29) is 24.8 Å². The molecule has 2 fully saturated rings. The molecule has 3 unspecified atom stereocenters. The molecule has 6 rings (SSSR count). The number of fused-ring (bicyclic) bond motifs is 1. The van der Waals surface area contributed by atoms with E-state index in [9.17, 15) is 18.8 Å². The second kappa shape index (κ2) is 11.1. The number of halogens is 1. The molecule has 220 valence electrons. The monoisotopic (exact) mass is 573 g/mol. The largest absolute Gasteiger partial charge is 0.489 e. The Morgan fingerprint density at radius 3 is 2.62 bits per heavy atom. The van der Waals surface area contributed by atoms with E-state index in [0.717, 1.165) is 36.3 Å². The summed E-state index contributed by atoms with van der Waals surface area (Å²) in [6, 6.07) is 13.0. The Hall–Kier alpha value is -3.82. The molecule has 0 aromatic heterocycles. The average molecular weight is 574 g/mol. The highest BCUT2D eigenvalue weighted by Gasteiger charge is 2.40. The van der Waals surface area contributed by atoms with Gasteiger partial charge in [0.15, 0.2) is 0 Å². The minimum atomic E-state index is -1.30. The summed E-state index contributed by atoms with van der Waals surface area (Å²) in [7, 11) is 0. The maximum atomic E-state index is 14.2. The van der Waals surface area contributed by atoms with Crippen LogP contribution < -0.4 is 10.1 Å². The molecule has 0 radical (unpaired) electrons. The van der Waals surface area contributed by atoms with Crippen LogP contribution in [0.5, 0.6) is 5.75 Å². The van der Waals surface area contributed by atoms with Gasteiger partial charge < -0.3 is 14.4 Å². The molecule has 2 saturated heterocycles. The molecule has 0 saturated carbocycles. The fourth-order valence-corrected chi connectivity index (χ4v) is 6.21. The first kappa shape index (κ1) is 28.3. The van der Waals surface area contributed by atoms with E-state index in [1.54, 1.807) is 25.1 Å². The van der Waals surface area contributed by atoms with Crippen molar-refractivity contribution in [1.29, 1.82) is 0 Å². The van der Waals surface area contributed by atoms with E-state index >= 15 is 0 Å². The molecule has 4 aliphatic rings. The van der Waals surface area contributed by atoms with Gasteiger partial charge in [0.1, 0.15) is 29.7 Å². The Morgan fingerprint density at radius 2 is 1.88 bits per heavy atom. The fourth-order valence-electron chi connectivity index (χ4n) is 6.21. The molecule has 3 heterocycles. The number of ether oxygens (including phenoxy) is 2. The number of alkyl halides is 1. The molecule has 3 aliphatic heterocycles. The zero-order valence-electron chi connectivity index (χ0n) is 24.0.